The molecule has 3 aromatic carbocycles. The van der Waals surface area contributed by atoms with Crippen molar-refractivity contribution in [3.8, 4) is 11.8 Å². The summed E-state index contributed by atoms with van der Waals surface area (Å²) < 4.78 is 18.8. The quantitative estimate of drug-likeness (QED) is 0.544. The van der Waals surface area contributed by atoms with E-state index in [2.05, 4.69) is 15.9 Å². The number of aliphatic hydroxyl groups excluding tert-OH is 1. The summed E-state index contributed by atoms with van der Waals surface area (Å²) in [5, 5.41) is 19.5. The number of rotatable bonds is 7. The number of nitriles is 1. The van der Waals surface area contributed by atoms with Crippen molar-refractivity contribution in [3.63, 3.8) is 0 Å². The van der Waals surface area contributed by atoms with Crippen LogP contribution in [0.15, 0.2) is 66.7 Å². The second kappa shape index (κ2) is 10.7. The van der Waals surface area contributed by atoms with Gasteiger partial charge in [-0.25, -0.2) is 4.39 Å². The first-order valence-corrected chi connectivity index (χ1v) is 11.2. The number of nitrogens with zero attached hydrogens (tertiary/aromatic N) is 3. The van der Waals surface area contributed by atoms with E-state index in [4.69, 9.17) is 21.4 Å². The van der Waals surface area contributed by atoms with Crippen molar-refractivity contribution in [2.24, 2.45) is 0 Å². The minimum absolute atomic E-state index is 0.00720. The SMILES string of the molecule is N#Cc1cc(OCCO)ccc1N1CCN(Cc2ccc(F)cc2)C[C@H]1c1ccc(Cl)cc1. The number of piperazine rings is 1. The lowest BCUT2D eigenvalue weighted by molar-refractivity contribution is 0.201. The van der Waals surface area contributed by atoms with Crippen LogP contribution in [0.2, 0.25) is 5.02 Å². The van der Waals surface area contributed by atoms with Crippen molar-refractivity contribution in [2.75, 3.05) is 37.7 Å². The van der Waals surface area contributed by atoms with E-state index in [0.29, 0.717) is 16.3 Å². The van der Waals surface area contributed by atoms with Crippen molar-refractivity contribution in [1.82, 2.24) is 4.90 Å². The highest BCUT2D eigenvalue weighted by molar-refractivity contribution is 6.30. The van der Waals surface area contributed by atoms with Crippen molar-refractivity contribution < 1.29 is 14.2 Å². The molecule has 0 unspecified atom stereocenters. The Morgan fingerprint density at radius 3 is 2.52 bits per heavy atom. The summed E-state index contributed by atoms with van der Waals surface area (Å²) in [5.41, 5.74) is 3.53. The summed E-state index contributed by atoms with van der Waals surface area (Å²) in [7, 11) is 0. The molecule has 33 heavy (non-hydrogen) atoms. The maximum Gasteiger partial charge on any atom is 0.123 e. The molecule has 1 saturated heterocycles. The van der Waals surface area contributed by atoms with Gasteiger partial charge in [0.15, 0.2) is 0 Å². The average molecular weight is 466 g/mol. The molecular weight excluding hydrogens is 441 g/mol. The van der Waals surface area contributed by atoms with E-state index in [-0.39, 0.29) is 25.1 Å². The molecule has 4 rings (SSSR count). The van der Waals surface area contributed by atoms with Crippen LogP contribution in [0.3, 0.4) is 0 Å². The van der Waals surface area contributed by atoms with E-state index in [9.17, 15) is 9.65 Å². The molecule has 0 amide bonds. The molecule has 0 radical (unpaired) electrons. The topological polar surface area (TPSA) is 59.7 Å². The van der Waals surface area contributed by atoms with Crippen LogP contribution in [0.25, 0.3) is 0 Å². The molecule has 0 aliphatic carbocycles. The molecule has 1 N–H and O–H groups in total. The normalized spacial score (nSPS) is 16.4. The predicted molar refractivity (Wildman–Crippen MR) is 127 cm³/mol. The van der Waals surface area contributed by atoms with Crippen LogP contribution in [-0.2, 0) is 6.54 Å². The van der Waals surface area contributed by atoms with Gasteiger partial charge in [-0.3, -0.25) is 4.90 Å². The fourth-order valence-electron chi connectivity index (χ4n) is 4.20. The minimum atomic E-state index is -0.238. The third-order valence-electron chi connectivity index (χ3n) is 5.80. The molecular formula is C26H25ClFN3O2. The third-order valence-corrected chi connectivity index (χ3v) is 6.05. The van der Waals surface area contributed by atoms with Crippen molar-refractivity contribution in [2.45, 2.75) is 12.6 Å². The van der Waals surface area contributed by atoms with Crippen LogP contribution < -0.4 is 9.64 Å². The number of hydrogen-bond acceptors (Lipinski definition) is 5. The molecule has 1 atom stereocenters. The molecule has 170 valence electrons. The molecule has 3 aromatic rings. The van der Waals surface area contributed by atoms with Crippen LogP contribution in [0.1, 0.15) is 22.7 Å². The summed E-state index contributed by atoms with van der Waals surface area (Å²) in [4.78, 5) is 4.59. The fourth-order valence-corrected chi connectivity index (χ4v) is 4.32. The standard InChI is InChI=1S/C26H25ClFN3O2/c27-22-5-3-20(4-6-22)26-18-30(17-19-1-7-23(28)8-2-19)11-12-31(26)25-10-9-24(33-14-13-32)15-21(25)16-29/h1-10,15,26,32H,11-14,17-18H2/t26-/m0/s1. The Morgan fingerprint density at radius 1 is 1.06 bits per heavy atom. The summed E-state index contributed by atoms with van der Waals surface area (Å²) in [5.74, 6) is 0.320. The number of halogens is 2. The van der Waals surface area contributed by atoms with Gasteiger partial charge < -0.3 is 14.7 Å². The third kappa shape index (κ3) is 5.63. The number of anilines is 1. The van der Waals surface area contributed by atoms with Crippen LogP contribution in [0, 0.1) is 17.1 Å². The van der Waals surface area contributed by atoms with Crippen LogP contribution in [0.5, 0.6) is 5.75 Å². The summed E-state index contributed by atoms with van der Waals surface area (Å²) >= 11 is 6.13. The average Bonchev–Trinajstić information content (AvgIpc) is 2.84. The smallest absolute Gasteiger partial charge is 0.123 e. The molecule has 1 heterocycles. The molecule has 7 heteroatoms. The van der Waals surface area contributed by atoms with Gasteiger partial charge in [-0.1, -0.05) is 35.9 Å². The maximum atomic E-state index is 13.3. The van der Waals surface area contributed by atoms with Crippen molar-refractivity contribution >= 4 is 17.3 Å². The Balaban J connectivity index is 1.62. The van der Waals surface area contributed by atoms with Gasteiger partial charge in [0.05, 0.1) is 23.9 Å². The van der Waals surface area contributed by atoms with E-state index in [1.807, 2.05) is 48.5 Å². The summed E-state index contributed by atoms with van der Waals surface area (Å²) in [6.07, 6.45) is 0. The van der Waals surface area contributed by atoms with Crippen molar-refractivity contribution in [1.29, 1.82) is 5.26 Å². The zero-order valence-corrected chi connectivity index (χ0v) is 18.9. The van der Waals surface area contributed by atoms with Gasteiger partial charge >= 0.3 is 0 Å². The highest BCUT2D eigenvalue weighted by atomic mass is 35.5. The van der Waals surface area contributed by atoms with E-state index in [1.165, 1.54) is 12.1 Å². The second-order valence-corrected chi connectivity index (χ2v) is 8.42. The zero-order chi connectivity index (χ0) is 23.2. The lowest BCUT2D eigenvalue weighted by atomic mass is 9.99. The predicted octanol–water partition coefficient (Wildman–Crippen LogP) is 4.79. The van der Waals surface area contributed by atoms with E-state index >= 15 is 0 Å². The Kier molecular flexibility index (Phi) is 7.46. The van der Waals surface area contributed by atoms with E-state index in [1.54, 1.807) is 6.07 Å². The Morgan fingerprint density at radius 2 is 1.82 bits per heavy atom. The van der Waals surface area contributed by atoms with Gasteiger partial charge in [0.1, 0.15) is 24.2 Å². The fraction of sp³-hybridized carbons (Fsp3) is 0.269. The monoisotopic (exact) mass is 465 g/mol. The second-order valence-electron chi connectivity index (χ2n) is 7.99. The van der Waals surface area contributed by atoms with E-state index in [0.717, 1.165) is 43.0 Å². The first kappa shape index (κ1) is 23.1. The Hall–Kier alpha value is -3.11. The van der Waals surface area contributed by atoms with Gasteiger partial charge in [0.2, 0.25) is 0 Å². The highest BCUT2D eigenvalue weighted by Crippen LogP contribution is 2.35. The van der Waals surface area contributed by atoms with Gasteiger partial charge in [-0.2, -0.15) is 5.26 Å². The van der Waals surface area contributed by atoms with Crippen LogP contribution in [-0.4, -0.2) is 42.9 Å². The van der Waals surface area contributed by atoms with Gasteiger partial charge in [0.25, 0.3) is 0 Å². The number of aliphatic hydroxyl groups is 1. The highest BCUT2D eigenvalue weighted by Gasteiger charge is 2.30. The molecule has 1 aliphatic heterocycles. The molecule has 0 saturated carbocycles. The molecule has 0 aromatic heterocycles. The number of benzene rings is 3. The first-order valence-electron chi connectivity index (χ1n) is 10.8. The van der Waals surface area contributed by atoms with Crippen LogP contribution in [0.4, 0.5) is 10.1 Å². The molecule has 1 fully saturated rings. The summed E-state index contributed by atoms with van der Waals surface area (Å²) in [6.45, 7) is 3.08. The summed E-state index contributed by atoms with van der Waals surface area (Å²) in [6, 6.07) is 22.2. The molecule has 0 bridgehead atoms. The number of ether oxygens (including phenoxy) is 1. The molecule has 5 nitrogen and oxygen atoms in total. The minimum Gasteiger partial charge on any atom is -0.491 e. The van der Waals surface area contributed by atoms with Gasteiger partial charge in [-0.05, 0) is 53.6 Å². The number of hydrogen-bond donors (Lipinski definition) is 1. The molecule has 1 aliphatic rings. The van der Waals surface area contributed by atoms with E-state index < -0.39 is 0 Å². The van der Waals surface area contributed by atoms with Crippen LogP contribution >= 0.6 is 11.6 Å². The largest absolute Gasteiger partial charge is 0.491 e. The zero-order valence-electron chi connectivity index (χ0n) is 18.1. The first-order chi connectivity index (χ1) is 16.1. The van der Waals surface area contributed by atoms with Gasteiger partial charge in [-0.15, -0.1) is 0 Å². The van der Waals surface area contributed by atoms with Crippen molar-refractivity contribution in [3.05, 3.63) is 94.3 Å². The Labute approximate surface area is 198 Å². The Bertz CT molecular complexity index is 1120. The molecule has 0 spiro atoms. The lowest BCUT2D eigenvalue weighted by Gasteiger charge is -2.43. The van der Waals surface area contributed by atoms with Gasteiger partial charge in [0, 0.05) is 31.2 Å². The maximum absolute atomic E-state index is 13.3. The lowest BCUT2D eigenvalue weighted by Crippen LogP contribution is -2.48.